The molecule has 0 fully saturated rings. The van der Waals surface area contributed by atoms with Gasteiger partial charge in [0.15, 0.2) is 0 Å². The van der Waals surface area contributed by atoms with Crippen molar-refractivity contribution < 1.29 is 8.42 Å². The fourth-order valence-electron chi connectivity index (χ4n) is 0.537. The molecule has 0 aliphatic rings. The summed E-state index contributed by atoms with van der Waals surface area (Å²) in [5.74, 6) is 0.0195. The normalized spacial score (nSPS) is 15.1. The molecule has 0 aromatic rings. The summed E-state index contributed by atoms with van der Waals surface area (Å²) in [4.78, 5) is 0. The van der Waals surface area contributed by atoms with E-state index in [1.165, 1.54) is 0 Å². The van der Waals surface area contributed by atoms with Gasteiger partial charge in [0.2, 0.25) is 9.05 Å². The van der Waals surface area contributed by atoms with E-state index in [-0.39, 0.29) is 11.1 Å². The van der Waals surface area contributed by atoms with Crippen molar-refractivity contribution in [3.63, 3.8) is 0 Å². The molecule has 0 bridgehead atoms. The van der Waals surface area contributed by atoms with Crippen LogP contribution >= 0.6 is 22.3 Å². The Labute approximate surface area is 70.9 Å². The zero-order chi connectivity index (χ0) is 8.20. The summed E-state index contributed by atoms with van der Waals surface area (Å²) in [5.41, 5.74) is 0. The van der Waals surface area contributed by atoms with E-state index in [1.807, 2.05) is 6.92 Å². The Morgan fingerprint density at radius 2 is 2.00 bits per heavy atom. The largest absolute Gasteiger partial charge is 0.232 e. The molecule has 0 aromatic heterocycles. The highest BCUT2D eigenvalue weighted by molar-refractivity contribution is 8.13. The Hall–Kier alpha value is 0.530. The summed E-state index contributed by atoms with van der Waals surface area (Å²) in [6, 6.07) is 0. The van der Waals surface area contributed by atoms with Gasteiger partial charge in [0, 0.05) is 16.1 Å². The van der Waals surface area contributed by atoms with Crippen LogP contribution in [0.15, 0.2) is 0 Å². The highest BCUT2D eigenvalue weighted by Gasteiger charge is 2.05. The molecular weight excluding hydrogens is 195 g/mol. The van der Waals surface area contributed by atoms with E-state index >= 15 is 0 Å². The standard InChI is InChI=1S/C5H10Cl2O2S/c1-5(6)3-2-4-10(7,8)9/h5H,2-4H2,1H3. The van der Waals surface area contributed by atoms with E-state index in [0.717, 1.165) is 0 Å². The van der Waals surface area contributed by atoms with Crippen molar-refractivity contribution in [1.82, 2.24) is 0 Å². The highest BCUT2D eigenvalue weighted by atomic mass is 35.7. The number of hydrogen-bond donors (Lipinski definition) is 0. The number of halogens is 2. The van der Waals surface area contributed by atoms with Crippen molar-refractivity contribution in [3.05, 3.63) is 0 Å². The lowest BCUT2D eigenvalue weighted by atomic mass is 10.3. The molecule has 0 rings (SSSR count). The average Bonchev–Trinajstić information content (AvgIpc) is 1.59. The molecule has 0 aliphatic heterocycles. The molecule has 10 heavy (non-hydrogen) atoms. The number of hydrogen-bond acceptors (Lipinski definition) is 2. The Kier molecular flexibility index (Phi) is 4.65. The molecule has 0 spiro atoms. The van der Waals surface area contributed by atoms with E-state index in [2.05, 4.69) is 0 Å². The first-order valence-electron chi connectivity index (χ1n) is 2.98. The Bertz CT molecular complexity index is 174. The van der Waals surface area contributed by atoms with Gasteiger partial charge in [0.1, 0.15) is 0 Å². The first kappa shape index (κ1) is 10.5. The second kappa shape index (κ2) is 4.42. The Morgan fingerprint density at radius 3 is 2.30 bits per heavy atom. The van der Waals surface area contributed by atoms with Gasteiger partial charge < -0.3 is 0 Å². The van der Waals surface area contributed by atoms with Crippen LogP contribution in [0, 0.1) is 0 Å². The number of alkyl halides is 1. The van der Waals surface area contributed by atoms with Crippen LogP contribution in [0.5, 0.6) is 0 Å². The van der Waals surface area contributed by atoms with Crippen LogP contribution in [0.4, 0.5) is 0 Å². The quantitative estimate of drug-likeness (QED) is 0.519. The molecule has 2 nitrogen and oxygen atoms in total. The van der Waals surface area contributed by atoms with E-state index in [0.29, 0.717) is 12.8 Å². The van der Waals surface area contributed by atoms with Gasteiger partial charge >= 0.3 is 0 Å². The summed E-state index contributed by atoms with van der Waals surface area (Å²) in [5, 5.41) is 0.0263. The van der Waals surface area contributed by atoms with Crippen molar-refractivity contribution in [2.75, 3.05) is 5.75 Å². The highest BCUT2D eigenvalue weighted by Crippen LogP contribution is 2.07. The van der Waals surface area contributed by atoms with Gasteiger partial charge in [-0.2, -0.15) is 0 Å². The lowest BCUT2D eigenvalue weighted by molar-refractivity contribution is 0.605. The zero-order valence-electron chi connectivity index (χ0n) is 5.68. The van der Waals surface area contributed by atoms with Crippen LogP contribution in [0.2, 0.25) is 0 Å². The minimum Gasteiger partial charge on any atom is -0.212 e. The molecule has 5 heteroatoms. The molecule has 0 saturated carbocycles. The predicted molar refractivity (Wildman–Crippen MR) is 44.2 cm³/mol. The first-order valence-corrected chi connectivity index (χ1v) is 5.90. The second-order valence-corrected chi connectivity index (χ2v) is 5.81. The van der Waals surface area contributed by atoms with Crippen LogP contribution in [0.3, 0.4) is 0 Å². The molecule has 0 aliphatic carbocycles. The fraction of sp³-hybridized carbons (Fsp3) is 1.00. The molecule has 0 aromatic carbocycles. The molecular formula is C5H10Cl2O2S. The van der Waals surface area contributed by atoms with Crippen LogP contribution < -0.4 is 0 Å². The summed E-state index contributed by atoms with van der Waals surface area (Å²) < 4.78 is 20.7. The maximum Gasteiger partial charge on any atom is 0.232 e. The van der Waals surface area contributed by atoms with Gasteiger partial charge in [-0.15, -0.1) is 11.6 Å². The van der Waals surface area contributed by atoms with Gasteiger partial charge in [0.25, 0.3) is 0 Å². The van der Waals surface area contributed by atoms with Crippen LogP contribution in [-0.4, -0.2) is 19.5 Å². The predicted octanol–water partition coefficient (Wildman–Crippen LogP) is 1.96. The lowest BCUT2D eigenvalue weighted by Gasteiger charge is -1.98. The van der Waals surface area contributed by atoms with E-state index in [9.17, 15) is 8.42 Å². The number of rotatable bonds is 4. The molecule has 0 saturated heterocycles. The Balaban J connectivity index is 3.39. The van der Waals surface area contributed by atoms with Gasteiger partial charge in [-0.3, -0.25) is 0 Å². The molecule has 0 N–H and O–H groups in total. The zero-order valence-corrected chi connectivity index (χ0v) is 8.01. The molecule has 0 radical (unpaired) electrons. The van der Waals surface area contributed by atoms with E-state index in [4.69, 9.17) is 22.3 Å². The average molecular weight is 205 g/mol. The van der Waals surface area contributed by atoms with Crippen molar-refractivity contribution in [2.24, 2.45) is 0 Å². The molecule has 62 valence electrons. The third-order valence-corrected chi connectivity index (χ3v) is 2.45. The van der Waals surface area contributed by atoms with Crippen LogP contribution in [-0.2, 0) is 9.05 Å². The minimum absolute atomic E-state index is 0.0195. The molecule has 0 amide bonds. The van der Waals surface area contributed by atoms with E-state index in [1.54, 1.807) is 0 Å². The van der Waals surface area contributed by atoms with E-state index < -0.39 is 9.05 Å². The van der Waals surface area contributed by atoms with Crippen molar-refractivity contribution >= 4 is 31.3 Å². The van der Waals surface area contributed by atoms with Gasteiger partial charge in [-0.1, -0.05) is 0 Å². The maximum atomic E-state index is 10.3. The summed E-state index contributed by atoms with van der Waals surface area (Å²) >= 11 is 5.57. The maximum absolute atomic E-state index is 10.3. The van der Waals surface area contributed by atoms with Gasteiger partial charge in [0.05, 0.1) is 5.75 Å². The Morgan fingerprint density at radius 1 is 1.50 bits per heavy atom. The van der Waals surface area contributed by atoms with Crippen molar-refractivity contribution in [1.29, 1.82) is 0 Å². The van der Waals surface area contributed by atoms with Gasteiger partial charge in [-0.05, 0) is 19.8 Å². The summed E-state index contributed by atoms with van der Waals surface area (Å²) in [6.45, 7) is 1.82. The first-order chi connectivity index (χ1) is 4.42. The third kappa shape index (κ3) is 8.53. The monoisotopic (exact) mass is 204 g/mol. The SMILES string of the molecule is CC(Cl)CCCS(=O)(=O)Cl. The smallest absolute Gasteiger partial charge is 0.212 e. The summed E-state index contributed by atoms with van der Waals surface area (Å²) in [7, 11) is 1.64. The van der Waals surface area contributed by atoms with Crippen LogP contribution in [0.25, 0.3) is 0 Å². The molecule has 1 unspecified atom stereocenters. The third-order valence-electron chi connectivity index (χ3n) is 0.990. The van der Waals surface area contributed by atoms with Crippen molar-refractivity contribution in [3.8, 4) is 0 Å². The van der Waals surface area contributed by atoms with Gasteiger partial charge in [-0.25, -0.2) is 8.42 Å². The lowest BCUT2D eigenvalue weighted by Crippen LogP contribution is -2.00. The minimum atomic E-state index is -3.31. The second-order valence-electron chi connectivity index (χ2n) is 2.17. The topological polar surface area (TPSA) is 34.1 Å². The van der Waals surface area contributed by atoms with Crippen molar-refractivity contribution in [2.45, 2.75) is 25.1 Å². The fourth-order valence-corrected chi connectivity index (χ4v) is 1.53. The summed E-state index contributed by atoms with van der Waals surface area (Å²) in [6.07, 6.45) is 1.23. The molecule has 0 heterocycles. The molecule has 1 atom stereocenters. The van der Waals surface area contributed by atoms with Crippen LogP contribution in [0.1, 0.15) is 19.8 Å².